The summed E-state index contributed by atoms with van der Waals surface area (Å²) in [6.07, 6.45) is -4.47. The number of nitrogens with two attached hydrogens (primary N) is 2. The van der Waals surface area contributed by atoms with Gasteiger partial charge in [-0.3, -0.25) is 0 Å². The fraction of sp³-hybridized carbons (Fsp3) is 0.111. The Bertz CT molecular complexity index is 1230. The summed E-state index contributed by atoms with van der Waals surface area (Å²) in [5, 5.41) is 0. The number of anilines is 2. The Hall–Kier alpha value is -3.73. The van der Waals surface area contributed by atoms with E-state index in [9.17, 15) is 13.2 Å². The van der Waals surface area contributed by atoms with Crippen LogP contribution in [0.4, 0.5) is 24.5 Å². The number of alkyl halides is 3. The van der Waals surface area contributed by atoms with Crippen molar-refractivity contribution in [1.29, 1.82) is 0 Å². The molecule has 4 aromatic carbocycles. The predicted octanol–water partition coefficient (Wildman–Crippen LogP) is 7.03. The standard InChI is InChI=1S/C27H23F3N2/c1-17-7-13-24(31)22(15-17)26(23-16-21(27(28,29)30)12-14-25(23)32)20-10-8-19(9-11-20)18-5-3-2-4-6-18/h2-16,26H,31-32H2,1H3. The lowest BCUT2D eigenvalue weighted by Crippen LogP contribution is -2.12. The second-order valence-electron chi connectivity index (χ2n) is 7.89. The van der Waals surface area contributed by atoms with Crippen LogP contribution in [0.5, 0.6) is 0 Å². The number of halogens is 3. The molecule has 0 spiro atoms. The van der Waals surface area contributed by atoms with Gasteiger partial charge in [0, 0.05) is 17.3 Å². The topological polar surface area (TPSA) is 52.0 Å². The maximum absolute atomic E-state index is 13.5. The van der Waals surface area contributed by atoms with Crippen LogP contribution in [0.15, 0.2) is 91.0 Å². The maximum Gasteiger partial charge on any atom is 0.416 e. The first-order valence-electron chi connectivity index (χ1n) is 10.2. The predicted molar refractivity (Wildman–Crippen MR) is 124 cm³/mol. The fourth-order valence-electron chi connectivity index (χ4n) is 3.97. The van der Waals surface area contributed by atoms with Crippen molar-refractivity contribution in [3.05, 3.63) is 119 Å². The van der Waals surface area contributed by atoms with Gasteiger partial charge in [-0.2, -0.15) is 13.2 Å². The first-order chi connectivity index (χ1) is 15.2. The monoisotopic (exact) mass is 432 g/mol. The van der Waals surface area contributed by atoms with Gasteiger partial charge in [0.25, 0.3) is 0 Å². The molecule has 162 valence electrons. The van der Waals surface area contributed by atoms with Gasteiger partial charge in [0.2, 0.25) is 0 Å². The average molecular weight is 432 g/mol. The number of nitrogen functional groups attached to an aromatic ring is 2. The fourth-order valence-corrected chi connectivity index (χ4v) is 3.97. The Morgan fingerprint density at radius 1 is 0.656 bits per heavy atom. The number of rotatable bonds is 4. The van der Waals surface area contributed by atoms with Crippen molar-refractivity contribution in [3.63, 3.8) is 0 Å². The summed E-state index contributed by atoms with van der Waals surface area (Å²) in [5.74, 6) is -0.540. The lowest BCUT2D eigenvalue weighted by atomic mass is 9.82. The van der Waals surface area contributed by atoms with E-state index in [1.54, 1.807) is 6.07 Å². The van der Waals surface area contributed by atoms with Gasteiger partial charge in [0.1, 0.15) is 0 Å². The Labute approximate surface area is 185 Å². The first kappa shape index (κ1) is 21.5. The number of aryl methyl sites for hydroxylation is 1. The smallest absolute Gasteiger partial charge is 0.398 e. The third kappa shape index (κ3) is 4.33. The molecule has 1 unspecified atom stereocenters. The molecule has 2 nitrogen and oxygen atoms in total. The highest BCUT2D eigenvalue weighted by Crippen LogP contribution is 2.41. The highest BCUT2D eigenvalue weighted by atomic mass is 19.4. The van der Waals surface area contributed by atoms with Crippen LogP contribution in [0, 0.1) is 6.92 Å². The highest BCUT2D eigenvalue weighted by molar-refractivity contribution is 5.67. The SMILES string of the molecule is Cc1ccc(N)c(C(c2ccc(-c3ccccc3)cc2)c2cc(C(F)(F)F)ccc2N)c1. The van der Waals surface area contributed by atoms with E-state index in [2.05, 4.69) is 0 Å². The molecule has 0 aromatic heterocycles. The van der Waals surface area contributed by atoms with Crippen LogP contribution >= 0.6 is 0 Å². The van der Waals surface area contributed by atoms with Gasteiger partial charge in [0.05, 0.1) is 5.56 Å². The van der Waals surface area contributed by atoms with Gasteiger partial charge in [-0.25, -0.2) is 0 Å². The summed E-state index contributed by atoms with van der Waals surface area (Å²) in [6.45, 7) is 1.92. The maximum atomic E-state index is 13.5. The third-order valence-corrected chi connectivity index (χ3v) is 5.63. The molecular weight excluding hydrogens is 409 g/mol. The van der Waals surface area contributed by atoms with E-state index in [4.69, 9.17) is 11.5 Å². The molecule has 0 fully saturated rings. The number of hydrogen-bond acceptors (Lipinski definition) is 2. The van der Waals surface area contributed by atoms with Gasteiger partial charge in [-0.05, 0) is 59.0 Å². The van der Waals surface area contributed by atoms with Gasteiger partial charge in [-0.1, -0.05) is 72.3 Å². The van der Waals surface area contributed by atoms with Crippen molar-refractivity contribution in [2.75, 3.05) is 11.5 Å². The second kappa shape index (κ2) is 8.42. The molecule has 4 N–H and O–H groups in total. The van der Waals surface area contributed by atoms with E-state index in [1.165, 1.54) is 6.07 Å². The molecule has 1 atom stereocenters. The zero-order valence-electron chi connectivity index (χ0n) is 17.5. The summed E-state index contributed by atoms with van der Waals surface area (Å²) in [7, 11) is 0. The van der Waals surface area contributed by atoms with Crippen molar-refractivity contribution < 1.29 is 13.2 Å². The van der Waals surface area contributed by atoms with Crippen molar-refractivity contribution in [1.82, 2.24) is 0 Å². The minimum Gasteiger partial charge on any atom is -0.398 e. The molecule has 0 saturated heterocycles. The van der Waals surface area contributed by atoms with Crippen molar-refractivity contribution in [2.24, 2.45) is 0 Å². The molecule has 0 bridgehead atoms. The molecule has 0 aliphatic rings. The zero-order chi connectivity index (χ0) is 22.9. The number of benzene rings is 4. The molecule has 4 rings (SSSR count). The Kier molecular flexibility index (Phi) is 5.66. The van der Waals surface area contributed by atoms with Gasteiger partial charge < -0.3 is 11.5 Å². The van der Waals surface area contributed by atoms with Crippen LogP contribution in [-0.2, 0) is 6.18 Å². The largest absolute Gasteiger partial charge is 0.416 e. The van der Waals surface area contributed by atoms with E-state index < -0.39 is 17.7 Å². The van der Waals surface area contributed by atoms with Crippen molar-refractivity contribution in [3.8, 4) is 11.1 Å². The average Bonchev–Trinajstić information content (AvgIpc) is 2.78. The summed E-state index contributed by atoms with van der Waals surface area (Å²) < 4.78 is 40.5. The van der Waals surface area contributed by atoms with E-state index in [0.717, 1.165) is 39.9 Å². The summed E-state index contributed by atoms with van der Waals surface area (Å²) in [5.41, 5.74) is 17.5. The van der Waals surface area contributed by atoms with Crippen LogP contribution in [-0.4, -0.2) is 0 Å². The molecule has 5 heteroatoms. The lowest BCUT2D eigenvalue weighted by molar-refractivity contribution is -0.137. The quantitative estimate of drug-likeness (QED) is 0.269. The van der Waals surface area contributed by atoms with Crippen molar-refractivity contribution in [2.45, 2.75) is 19.0 Å². The van der Waals surface area contributed by atoms with Gasteiger partial charge >= 0.3 is 6.18 Å². The van der Waals surface area contributed by atoms with Crippen LogP contribution in [0.2, 0.25) is 0 Å². The molecule has 0 aliphatic heterocycles. The molecule has 4 aromatic rings. The van der Waals surface area contributed by atoms with Gasteiger partial charge in [0.15, 0.2) is 0 Å². The van der Waals surface area contributed by atoms with E-state index in [0.29, 0.717) is 11.3 Å². The first-order valence-corrected chi connectivity index (χ1v) is 10.2. The second-order valence-corrected chi connectivity index (χ2v) is 7.89. The van der Waals surface area contributed by atoms with Gasteiger partial charge in [-0.15, -0.1) is 0 Å². The molecule has 0 radical (unpaired) electrons. The summed E-state index contributed by atoms with van der Waals surface area (Å²) in [6, 6.07) is 26.7. The number of hydrogen-bond donors (Lipinski definition) is 2. The summed E-state index contributed by atoms with van der Waals surface area (Å²) >= 11 is 0. The van der Waals surface area contributed by atoms with Crippen LogP contribution < -0.4 is 11.5 Å². The zero-order valence-corrected chi connectivity index (χ0v) is 17.5. The Balaban J connectivity index is 1.89. The molecular formula is C27H23F3N2. The minimum absolute atomic E-state index is 0.288. The highest BCUT2D eigenvalue weighted by Gasteiger charge is 2.32. The molecule has 32 heavy (non-hydrogen) atoms. The summed E-state index contributed by atoms with van der Waals surface area (Å²) in [4.78, 5) is 0. The van der Waals surface area contributed by atoms with E-state index in [-0.39, 0.29) is 5.69 Å². The molecule has 0 heterocycles. The van der Waals surface area contributed by atoms with Crippen molar-refractivity contribution >= 4 is 11.4 Å². The molecule has 0 amide bonds. The van der Waals surface area contributed by atoms with E-state index >= 15 is 0 Å². The molecule has 0 aliphatic carbocycles. The minimum atomic E-state index is -4.47. The Morgan fingerprint density at radius 2 is 1.22 bits per heavy atom. The lowest BCUT2D eigenvalue weighted by Gasteiger charge is -2.24. The molecule has 0 saturated carbocycles. The van der Waals surface area contributed by atoms with Crippen LogP contribution in [0.1, 0.15) is 33.7 Å². The Morgan fingerprint density at radius 3 is 1.84 bits per heavy atom. The van der Waals surface area contributed by atoms with E-state index in [1.807, 2.05) is 73.7 Å². The normalized spacial score (nSPS) is 12.5. The van der Waals surface area contributed by atoms with Crippen LogP contribution in [0.3, 0.4) is 0 Å². The van der Waals surface area contributed by atoms with Crippen LogP contribution in [0.25, 0.3) is 11.1 Å². The third-order valence-electron chi connectivity index (χ3n) is 5.63.